The van der Waals surface area contributed by atoms with Gasteiger partial charge in [-0.1, -0.05) is 35.8 Å². The van der Waals surface area contributed by atoms with E-state index in [4.69, 9.17) is 5.73 Å². The number of amides is 1. The van der Waals surface area contributed by atoms with Gasteiger partial charge in [0.2, 0.25) is 5.91 Å². The summed E-state index contributed by atoms with van der Waals surface area (Å²) in [6, 6.07) is 5.60. The Hall–Kier alpha value is -0.870. The zero-order valence-corrected chi connectivity index (χ0v) is 12.8. The molecule has 0 saturated heterocycles. The van der Waals surface area contributed by atoms with Gasteiger partial charge in [-0.2, -0.15) is 0 Å². The molecular weight excluding hydrogens is 292 g/mol. The second-order valence-corrected chi connectivity index (χ2v) is 5.94. The van der Waals surface area contributed by atoms with Gasteiger partial charge < -0.3 is 11.1 Å². The van der Waals surface area contributed by atoms with Crippen LogP contribution >= 0.6 is 15.9 Å². The molecule has 1 atom stereocenters. The average molecular weight is 313 g/mol. The van der Waals surface area contributed by atoms with Gasteiger partial charge >= 0.3 is 0 Å². The molecular formula is C14H21BrN2O. The highest BCUT2D eigenvalue weighted by Gasteiger charge is 2.14. The van der Waals surface area contributed by atoms with Crippen molar-refractivity contribution in [1.82, 2.24) is 5.32 Å². The van der Waals surface area contributed by atoms with E-state index in [1.807, 2.05) is 25.1 Å². The van der Waals surface area contributed by atoms with Crippen LogP contribution in [0.2, 0.25) is 0 Å². The van der Waals surface area contributed by atoms with Crippen LogP contribution in [-0.4, -0.2) is 11.9 Å². The van der Waals surface area contributed by atoms with Crippen LogP contribution in [0.4, 0.5) is 0 Å². The van der Waals surface area contributed by atoms with E-state index in [2.05, 4.69) is 35.1 Å². The Morgan fingerprint density at radius 1 is 1.44 bits per heavy atom. The number of carbonyl (C=O) groups is 1. The van der Waals surface area contributed by atoms with E-state index in [0.717, 1.165) is 15.6 Å². The molecule has 3 nitrogen and oxygen atoms in total. The lowest BCUT2D eigenvalue weighted by atomic mass is 10.0. The van der Waals surface area contributed by atoms with Crippen molar-refractivity contribution in [2.24, 2.45) is 11.7 Å². The first-order chi connectivity index (χ1) is 8.40. The van der Waals surface area contributed by atoms with Crippen molar-refractivity contribution in [2.45, 2.75) is 39.8 Å². The molecule has 100 valence electrons. The Labute approximate surface area is 117 Å². The maximum atomic E-state index is 11.8. The normalized spacial score (nSPS) is 12.6. The van der Waals surface area contributed by atoms with Gasteiger partial charge in [-0.05, 0) is 42.5 Å². The predicted octanol–water partition coefficient (Wildman–Crippen LogP) is 2.75. The molecule has 1 aromatic carbocycles. The van der Waals surface area contributed by atoms with Crippen LogP contribution in [0.15, 0.2) is 22.7 Å². The van der Waals surface area contributed by atoms with Gasteiger partial charge in [0.15, 0.2) is 0 Å². The predicted molar refractivity (Wildman–Crippen MR) is 78.2 cm³/mol. The topological polar surface area (TPSA) is 55.1 Å². The van der Waals surface area contributed by atoms with Crippen molar-refractivity contribution in [3.63, 3.8) is 0 Å². The summed E-state index contributed by atoms with van der Waals surface area (Å²) >= 11 is 3.42. The smallest absolute Gasteiger partial charge is 0.237 e. The molecule has 1 aromatic rings. The molecule has 0 aliphatic heterocycles. The monoisotopic (exact) mass is 312 g/mol. The summed E-state index contributed by atoms with van der Waals surface area (Å²) in [6.45, 7) is 6.68. The van der Waals surface area contributed by atoms with Crippen LogP contribution in [0.25, 0.3) is 0 Å². The summed E-state index contributed by atoms with van der Waals surface area (Å²) in [4.78, 5) is 11.8. The van der Waals surface area contributed by atoms with E-state index in [0.29, 0.717) is 18.9 Å². The second-order valence-electron chi connectivity index (χ2n) is 5.02. The van der Waals surface area contributed by atoms with E-state index in [-0.39, 0.29) is 5.91 Å². The number of rotatable bonds is 5. The minimum absolute atomic E-state index is 0.0778. The number of halogens is 1. The largest absolute Gasteiger partial charge is 0.351 e. The van der Waals surface area contributed by atoms with Crippen molar-refractivity contribution >= 4 is 21.8 Å². The van der Waals surface area contributed by atoms with Crippen LogP contribution in [0.5, 0.6) is 0 Å². The van der Waals surface area contributed by atoms with E-state index in [1.165, 1.54) is 0 Å². The first-order valence-electron chi connectivity index (χ1n) is 6.18. The Balaban J connectivity index is 2.52. The second kappa shape index (κ2) is 6.90. The van der Waals surface area contributed by atoms with Crippen LogP contribution < -0.4 is 11.1 Å². The third-order valence-corrected chi connectivity index (χ3v) is 3.31. The van der Waals surface area contributed by atoms with E-state index < -0.39 is 6.04 Å². The molecule has 0 fully saturated rings. The molecule has 1 amide bonds. The molecule has 0 radical (unpaired) electrons. The quantitative estimate of drug-likeness (QED) is 0.878. The summed E-state index contributed by atoms with van der Waals surface area (Å²) in [6.07, 6.45) is 0.713. The Morgan fingerprint density at radius 3 is 2.67 bits per heavy atom. The Morgan fingerprint density at radius 2 is 2.11 bits per heavy atom. The summed E-state index contributed by atoms with van der Waals surface area (Å²) < 4.78 is 1.05. The number of aryl methyl sites for hydroxylation is 1. The van der Waals surface area contributed by atoms with Gasteiger partial charge in [0, 0.05) is 11.0 Å². The Kier molecular flexibility index (Phi) is 5.82. The van der Waals surface area contributed by atoms with Crippen molar-refractivity contribution in [2.75, 3.05) is 0 Å². The van der Waals surface area contributed by atoms with E-state index >= 15 is 0 Å². The number of nitrogens with one attached hydrogen (secondary N) is 1. The van der Waals surface area contributed by atoms with Gasteiger partial charge in [0.05, 0.1) is 6.04 Å². The fraction of sp³-hybridized carbons (Fsp3) is 0.500. The van der Waals surface area contributed by atoms with E-state index in [1.54, 1.807) is 0 Å². The van der Waals surface area contributed by atoms with Crippen molar-refractivity contribution in [3.8, 4) is 0 Å². The lowest BCUT2D eigenvalue weighted by Gasteiger charge is -2.15. The minimum atomic E-state index is -0.416. The maximum Gasteiger partial charge on any atom is 0.237 e. The molecule has 0 aliphatic carbocycles. The molecule has 18 heavy (non-hydrogen) atoms. The number of carbonyl (C=O) groups excluding carboxylic acids is 1. The number of hydrogen-bond acceptors (Lipinski definition) is 2. The van der Waals surface area contributed by atoms with Crippen LogP contribution in [-0.2, 0) is 11.3 Å². The van der Waals surface area contributed by atoms with Gasteiger partial charge in [0.25, 0.3) is 0 Å². The van der Waals surface area contributed by atoms with Gasteiger partial charge in [-0.15, -0.1) is 0 Å². The number of benzene rings is 1. The van der Waals surface area contributed by atoms with Crippen molar-refractivity contribution in [3.05, 3.63) is 33.8 Å². The summed E-state index contributed by atoms with van der Waals surface area (Å²) in [7, 11) is 0. The summed E-state index contributed by atoms with van der Waals surface area (Å²) in [5.74, 6) is 0.353. The standard InChI is InChI=1S/C14H21BrN2O/c1-9(2)6-13(16)14(18)17-8-11-4-5-12(15)7-10(11)3/h4-5,7,9,13H,6,8,16H2,1-3H3,(H,17,18)/t13-/m0/s1. The molecule has 3 N–H and O–H groups in total. The van der Waals surface area contributed by atoms with Crippen LogP contribution in [0, 0.1) is 12.8 Å². The fourth-order valence-corrected chi connectivity index (χ4v) is 2.26. The third-order valence-electron chi connectivity index (χ3n) is 2.82. The van der Waals surface area contributed by atoms with Crippen LogP contribution in [0.3, 0.4) is 0 Å². The zero-order chi connectivity index (χ0) is 13.7. The van der Waals surface area contributed by atoms with E-state index in [9.17, 15) is 4.79 Å². The van der Waals surface area contributed by atoms with Gasteiger partial charge in [-0.25, -0.2) is 0 Å². The molecule has 0 unspecified atom stereocenters. The molecule has 4 heteroatoms. The molecule has 0 aliphatic rings. The number of nitrogens with two attached hydrogens (primary N) is 1. The average Bonchev–Trinajstić information content (AvgIpc) is 2.26. The first kappa shape index (κ1) is 15.2. The van der Waals surface area contributed by atoms with Gasteiger partial charge in [0.1, 0.15) is 0 Å². The highest BCUT2D eigenvalue weighted by atomic mass is 79.9. The maximum absolute atomic E-state index is 11.8. The fourth-order valence-electron chi connectivity index (χ4n) is 1.79. The van der Waals surface area contributed by atoms with Crippen molar-refractivity contribution in [1.29, 1.82) is 0 Å². The molecule has 0 heterocycles. The zero-order valence-electron chi connectivity index (χ0n) is 11.2. The minimum Gasteiger partial charge on any atom is -0.351 e. The highest BCUT2D eigenvalue weighted by Crippen LogP contribution is 2.15. The third kappa shape index (κ3) is 4.78. The van der Waals surface area contributed by atoms with Crippen molar-refractivity contribution < 1.29 is 4.79 Å². The molecule has 0 spiro atoms. The number of hydrogen-bond donors (Lipinski definition) is 2. The highest BCUT2D eigenvalue weighted by molar-refractivity contribution is 9.10. The van der Waals surface area contributed by atoms with Gasteiger partial charge in [-0.3, -0.25) is 4.79 Å². The lowest BCUT2D eigenvalue weighted by Crippen LogP contribution is -2.41. The Bertz CT molecular complexity index is 418. The first-order valence-corrected chi connectivity index (χ1v) is 6.97. The summed E-state index contributed by atoms with van der Waals surface area (Å²) in [5.41, 5.74) is 8.09. The SMILES string of the molecule is Cc1cc(Br)ccc1CNC(=O)[C@@H](N)CC(C)C. The lowest BCUT2D eigenvalue weighted by molar-refractivity contribution is -0.122. The molecule has 0 aromatic heterocycles. The molecule has 0 saturated carbocycles. The summed E-state index contributed by atoms with van der Waals surface area (Å²) in [5, 5.41) is 2.89. The molecule has 0 bridgehead atoms. The van der Waals surface area contributed by atoms with Crippen LogP contribution in [0.1, 0.15) is 31.4 Å². The molecule has 1 rings (SSSR count).